The van der Waals surface area contributed by atoms with Crippen molar-refractivity contribution < 1.29 is 27.9 Å². The minimum absolute atomic E-state index is 0.0443. The molecule has 1 N–H and O–H groups in total. The molecule has 9 nitrogen and oxygen atoms in total. The van der Waals surface area contributed by atoms with E-state index < -0.39 is 27.8 Å². The third kappa shape index (κ3) is 4.84. The number of nitrogens with zero attached hydrogens (tertiary/aromatic N) is 3. The average molecular weight is 488 g/mol. The van der Waals surface area contributed by atoms with Gasteiger partial charge >= 0.3 is 0 Å². The van der Waals surface area contributed by atoms with E-state index in [0.717, 1.165) is 4.31 Å². The number of rotatable bonds is 8. The molecular weight excluding hydrogens is 458 g/mol. The van der Waals surface area contributed by atoms with Crippen LogP contribution in [0.25, 0.3) is 5.76 Å². The highest BCUT2D eigenvalue weighted by atomic mass is 32.2. The number of likely N-dealkylation sites (N-methyl/N-ethyl adjacent to an activating group) is 1. The van der Waals surface area contributed by atoms with Crippen molar-refractivity contribution in [3.8, 4) is 5.75 Å². The predicted molar refractivity (Wildman–Crippen MR) is 128 cm³/mol. The van der Waals surface area contributed by atoms with Gasteiger partial charge in [0.15, 0.2) is 0 Å². The summed E-state index contributed by atoms with van der Waals surface area (Å²) in [5.41, 5.74) is 0.839. The number of aliphatic hydroxyl groups excluding tert-OH is 1. The van der Waals surface area contributed by atoms with Crippen LogP contribution < -0.4 is 4.74 Å². The van der Waals surface area contributed by atoms with Crippen molar-refractivity contribution in [3.63, 3.8) is 0 Å². The Morgan fingerprint density at radius 1 is 1.00 bits per heavy atom. The Kier molecular flexibility index (Phi) is 7.44. The zero-order valence-electron chi connectivity index (χ0n) is 19.8. The van der Waals surface area contributed by atoms with Gasteiger partial charge in [-0.1, -0.05) is 12.1 Å². The molecule has 0 spiro atoms. The second kappa shape index (κ2) is 9.96. The molecular formula is C24H29N3O6S. The topological polar surface area (TPSA) is 107 Å². The van der Waals surface area contributed by atoms with Gasteiger partial charge in [-0.15, -0.1) is 0 Å². The van der Waals surface area contributed by atoms with E-state index in [-0.39, 0.29) is 28.3 Å². The molecule has 0 aliphatic carbocycles. The summed E-state index contributed by atoms with van der Waals surface area (Å²) in [6.07, 6.45) is 0. The highest BCUT2D eigenvalue weighted by Crippen LogP contribution is 2.39. The Morgan fingerprint density at radius 2 is 1.59 bits per heavy atom. The fourth-order valence-corrected chi connectivity index (χ4v) is 4.60. The largest absolute Gasteiger partial charge is 0.507 e. The monoisotopic (exact) mass is 487 g/mol. The number of hydrogen-bond donors (Lipinski definition) is 1. The van der Waals surface area contributed by atoms with Crippen LogP contribution in [0.4, 0.5) is 0 Å². The number of Topliss-reactive ketones (excluding diaryl/α,β-unsaturated/α-hetero) is 1. The molecule has 1 unspecified atom stereocenters. The van der Waals surface area contributed by atoms with E-state index in [1.807, 2.05) is 19.0 Å². The number of carbonyl (C=O) groups excluding carboxylic acids is 2. The molecule has 34 heavy (non-hydrogen) atoms. The number of hydrogen-bond acceptors (Lipinski definition) is 7. The molecule has 1 atom stereocenters. The molecule has 1 aliphatic rings. The second-order valence-electron chi connectivity index (χ2n) is 8.38. The maximum atomic E-state index is 13.0. The molecule has 1 heterocycles. The van der Waals surface area contributed by atoms with Crippen molar-refractivity contribution in [1.82, 2.24) is 14.1 Å². The van der Waals surface area contributed by atoms with E-state index in [1.165, 1.54) is 43.3 Å². The first-order chi connectivity index (χ1) is 16.0. The van der Waals surface area contributed by atoms with Crippen LogP contribution in [0.5, 0.6) is 5.75 Å². The molecule has 0 radical (unpaired) electrons. The van der Waals surface area contributed by atoms with E-state index in [1.54, 1.807) is 31.4 Å². The summed E-state index contributed by atoms with van der Waals surface area (Å²) in [4.78, 5) is 29.4. The number of amides is 1. The number of aliphatic hydroxyl groups is 1. The second-order valence-corrected chi connectivity index (χ2v) is 10.5. The third-order valence-corrected chi connectivity index (χ3v) is 7.50. The maximum Gasteiger partial charge on any atom is 0.295 e. The van der Waals surface area contributed by atoms with Crippen LogP contribution in [0, 0.1) is 0 Å². The number of carbonyl (C=O) groups is 2. The fraction of sp³-hybridized carbons (Fsp3) is 0.333. The SMILES string of the molecule is COc1ccc(C2/C(=C(/O)c3ccc(S(=O)(=O)N(C)C)cc3)C(=O)C(=O)N2CCN(C)C)cc1. The van der Waals surface area contributed by atoms with Gasteiger partial charge in [0.05, 0.1) is 23.6 Å². The molecule has 10 heteroatoms. The van der Waals surface area contributed by atoms with Gasteiger partial charge in [-0.3, -0.25) is 9.59 Å². The third-order valence-electron chi connectivity index (χ3n) is 5.67. The van der Waals surface area contributed by atoms with Crippen molar-refractivity contribution in [1.29, 1.82) is 0 Å². The molecule has 182 valence electrons. The molecule has 0 aromatic heterocycles. The quantitative estimate of drug-likeness (QED) is 0.344. The van der Waals surface area contributed by atoms with Crippen molar-refractivity contribution >= 4 is 27.5 Å². The van der Waals surface area contributed by atoms with Gasteiger partial charge in [0.25, 0.3) is 11.7 Å². The van der Waals surface area contributed by atoms with E-state index in [4.69, 9.17) is 4.74 Å². The van der Waals surface area contributed by atoms with E-state index >= 15 is 0 Å². The molecule has 2 aromatic rings. The standard InChI is InChI=1S/C24H29N3O6S/c1-25(2)14-15-27-21(16-6-10-18(33-5)11-7-16)20(23(29)24(27)30)22(28)17-8-12-19(13-9-17)34(31,32)26(3)4/h6-13,21,28H,14-15H2,1-5H3/b22-20-. The number of benzene rings is 2. The fourth-order valence-electron chi connectivity index (χ4n) is 3.70. The molecule has 2 aromatic carbocycles. The Balaban J connectivity index is 2.11. The Morgan fingerprint density at radius 3 is 2.09 bits per heavy atom. The lowest BCUT2D eigenvalue weighted by Crippen LogP contribution is -2.35. The van der Waals surface area contributed by atoms with Gasteiger partial charge in [-0.2, -0.15) is 0 Å². The first-order valence-electron chi connectivity index (χ1n) is 10.6. The normalized spacial score (nSPS) is 18.2. The van der Waals surface area contributed by atoms with Gasteiger partial charge in [-0.05, 0) is 56.1 Å². The summed E-state index contributed by atoms with van der Waals surface area (Å²) < 4.78 is 31.0. The Hall–Kier alpha value is -3.21. The lowest BCUT2D eigenvalue weighted by molar-refractivity contribution is -0.140. The first kappa shape index (κ1) is 25.4. The number of ether oxygens (including phenoxy) is 1. The summed E-state index contributed by atoms with van der Waals surface area (Å²) in [5, 5.41) is 11.1. The van der Waals surface area contributed by atoms with Gasteiger partial charge in [0.2, 0.25) is 10.0 Å². The summed E-state index contributed by atoms with van der Waals surface area (Å²) in [7, 11) is 4.46. The van der Waals surface area contributed by atoms with Crippen LogP contribution in [0.3, 0.4) is 0 Å². The molecule has 1 saturated heterocycles. The van der Waals surface area contributed by atoms with Crippen LogP contribution in [0.15, 0.2) is 59.0 Å². The lowest BCUT2D eigenvalue weighted by Gasteiger charge is -2.26. The highest BCUT2D eigenvalue weighted by molar-refractivity contribution is 7.89. The van der Waals surface area contributed by atoms with Crippen LogP contribution in [-0.4, -0.2) is 87.7 Å². The summed E-state index contributed by atoms with van der Waals surface area (Å²) in [6, 6.07) is 11.7. The van der Waals surface area contributed by atoms with Crippen molar-refractivity contribution in [2.24, 2.45) is 0 Å². The first-order valence-corrected chi connectivity index (χ1v) is 12.0. The van der Waals surface area contributed by atoms with Crippen LogP contribution in [0.1, 0.15) is 17.2 Å². The summed E-state index contributed by atoms with van der Waals surface area (Å²) >= 11 is 0. The Bertz CT molecular complexity index is 1200. The molecule has 1 amide bonds. The zero-order chi connectivity index (χ0) is 25.2. The zero-order valence-corrected chi connectivity index (χ0v) is 20.7. The van der Waals surface area contributed by atoms with E-state index in [9.17, 15) is 23.1 Å². The van der Waals surface area contributed by atoms with Crippen molar-refractivity contribution in [2.45, 2.75) is 10.9 Å². The molecule has 0 bridgehead atoms. The highest BCUT2D eigenvalue weighted by Gasteiger charge is 2.45. The minimum atomic E-state index is -3.65. The van der Waals surface area contributed by atoms with Crippen LogP contribution in [0.2, 0.25) is 0 Å². The lowest BCUT2D eigenvalue weighted by atomic mass is 9.95. The number of likely N-dealkylation sites (tertiary alicyclic amines) is 1. The summed E-state index contributed by atoms with van der Waals surface area (Å²) in [6.45, 7) is 0.807. The minimum Gasteiger partial charge on any atom is -0.507 e. The Labute approximate surface area is 199 Å². The summed E-state index contributed by atoms with van der Waals surface area (Å²) in [5.74, 6) is -1.23. The molecule has 1 aliphatic heterocycles. The van der Waals surface area contributed by atoms with E-state index in [2.05, 4.69) is 0 Å². The maximum absolute atomic E-state index is 13.0. The van der Waals surface area contributed by atoms with Gasteiger partial charge in [0.1, 0.15) is 11.5 Å². The average Bonchev–Trinajstić information content (AvgIpc) is 3.07. The molecule has 3 rings (SSSR count). The predicted octanol–water partition coefficient (Wildman–Crippen LogP) is 1.93. The van der Waals surface area contributed by atoms with Crippen molar-refractivity contribution in [2.75, 3.05) is 48.4 Å². The van der Waals surface area contributed by atoms with Crippen LogP contribution in [-0.2, 0) is 19.6 Å². The van der Waals surface area contributed by atoms with Gasteiger partial charge in [-0.25, -0.2) is 12.7 Å². The van der Waals surface area contributed by atoms with E-state index in [0.29, 0.717) is 17.9 Å². The smallest absolute Gasteiger partial charge is 0.295 e. The number of methoxy groups -OCH3 is 1. The molecule has 1 fully saturated rings. The van der Waals surface area contributed by atoms with Crippen LogP contribution >= 0.6 is 0 Å². The van der Waals surface area contributed by atoms with Gasteiger partial charge < -0.3 is 19.6 Å². The van der Waals surface area contributed by atoms with Gasteiger partial charge in [0, 0.05) is 32.7 Å². The van der Waals surface area contributed by atoms with Crippen molar-refractivity contribution in [3.05, 3.63) is 65.2 Å². The number of sulfonamides is 1. The number of ketones is 1. The molecule has 0 saturated carbocycles.